The van der Waals surface area contributed by atoms with E-state index in [-0.39, 0.29) is 6.10 Å². The SMILES string of the molecule is CC(C)Oc1cccc(CCOc2ncnc3ccccc23)c1. The van der Waals surface area contributed by atoms with E-state index in [1.807, 2.05) is 50.2 Å². The molecule has 4 heteroatoms. The fourth-order valence-electron chi connectivity index (χ4n) is 2.41. The molecule has 3 rings (SSSR count). The van der Waals surface area contributed by atoms with Gasteiger partial charge in [0.15, 0.2) is 0 Å². The Balaban J connectivity index is 1.65. The van der Waals surface area contributed by atoms with Gasteiger partial charge in [-0.1, -0.05) is 24.3 Å². The third-order valence-corrected chi connectivity index (χ3v) is 3.41. The van der Waals surface area contributed by atoms with E-state index in [4.69, 9.17) is 9.47 Å². The van der Waals surface area contributed by atoms with E-state index in [0.717, 1.165) is 23.1 Å². The summed E-state index contributed by atoms with van der Waals surface area (Å²) in [5.74, 6) is 1.52. The largest absolute Gasteiger partial charge is 0.491 e. The van der Waals surface area contributed by atoms with Crippen LogP contribution < -0.4 is 9.47 Å². The van der Waals surface area contributed by atoms with Crippen LogP contribution in [0.2, 0.25) is 0 Å². The van der Waals surface area contributed by atoms with Gasteiger partial charge < -0.3 is 9.47 Å². The first-order chi connectivity index (χ1) is 11.2. The van der Waals surface area contributed by atoms with Gasteiger partial charge in [0.2, 0.25) is 5.88 Å². The molecule has 0 aliphatic rings. The normalized spacial score (nSPS) is 10.9. The van der Waals surface area contributed by atoms with E-state index < -0.39 is 0 Å². The van der Waals surface area contributed by atoms with Crippen LogP contribution in [0.1, 0.15) is 19.4 Å². The minimum atomic E-state index is 0.175. The van der Waals surface area contributed by atoms with Gasteiger partial charge in [0, 0.05) is 6.42 Å². The predicted octanol–water partition coefficient (Wildman–Crippen LogP) is 4.04. The van der Waals surface area contributed by atoms with Gasteiger partial charge in [-0.25, -0.2) is 9.97 Å². The first-order valence-corrected chi connectivity index (χ1v) is 7.80. The van der Waals surface area contributed by atoms with Crippen molar-refractivity contribution in [1.29, 1.82) is 0 Å². The summed E-state index contributed by atoms with van der Waals surface area (Å²) >= 11 is 0. The number of hydrogen-bond acceptors (Lipinski definition) is 4. The first-order valence-electron chi connectivity index (χ1n) is 7.80. The van der Waals surface area contributed by atoms with Gasteiger partial charge in [-0.3, -0.25) is 0 Å². The molecule has 2 aromatic carbocycles. The Morgan fingerprint density at radius 2 is 1.87 bits per heavy atom. The van der Waals surface area contributed by atoms with E-state index >= 15 is 0 Å². The van der Waals surface area contributed by atoms with Gasteiger partial charge in [-0.05, 0) is 43.7 Å². The first kappa shape index (κ1) is 15.3. The van der Waals surface area contributed by atoms with Crippen molar-refractivity contribution >= 4 is 10.9 Å². The lowest BCUT2D eigenvalue weighted by Gasteiger charge is -2.11. The number of hydrogen-bond donors (Lipinski definition) is 0. The van der Waals surface area contributed by atoms with Crippen LogP contribution in [0.25, 0.3) is 10.9 Å². The Kier molecular flexibility index (Phi) is 4.71. The summed E-state index contributed by atoms with van der Waals surface area (Å²) in [5.41, 5.74) is 2.08. The molecule has 0 N–H and O–H groups in total. The van der Waals surface area contributed by atoms with Crippen LogP contribution in [-0.2, 0) is 6.42 Å². The fraction of sp³-hybridized carbons (Fsp3) is 0.263. The van der Waals surface area contributed by atoms with E-state index in [1.165, 1.54) is 11.9 Å². The molecule has 0 saturated heterocycles. The lowest BCUT2D eigenvalue weighted by molar-refractivity contribution is 0.242. The molecule has 0 spiro atoms. The predicted molar refractivity (Wildman–Crippen MR) is 90.9 cm³/mol. The minimum absolute atomic E-state index is 0.175. The standard InChI is InChI=1S/C19H20N2O2/c1-14(2)23-16-7-5-6-15(12-16)10-11-22-19-17-8-3-4-9-18(17)20-13-21-19/h3-9,12-14H,10-11H2,1-2H3. The molecule has 4 nitrogen and oxygen atoms in total. The number of aromatic nitrogens is 2. The summed E-state index contributed by atoms with van der Waals surface area (Å²) in [6.45, 7) is 4.61. The molecule has 0 fully saturated rings. The van der Waals surface area contributed by atoms with E-state index in [1.54, 1.807) is 0 Å². The monoisotopic (exact) mass is 308 g/mol. The van der Waals surface area contributed by atoms with Gasteiger partial charge in [0.25, 0.3) is 0 Å². The Bertz CT molecular complexity index is 782. The topological polar surface area (TPSA) is 44.2 Å². The Morgan fingerprint density at radius 3 is 2.74 bits per heavy atom. The third kappa shape index (κ3) is 3.97. The molecule has 3 aromatic rings. The molecule has 1 aromatic heterocycles. The molecule has 0 aliphatic carbocycles. The maximum absolute atomic E-state index is 5.85. The van der Waals surface area contributed by atoms with Crippen LogP contribution in [0.4, 0.5) is 0 Å². The van der Waals surface area contributed by atoms with Crippen molar-refractivity contribution < 1.29 is 9.47 Å². The van der Waals surface area contributed by atoms with Crippen LogP contribution >= 0.6 is 0 Å². The number of para-hydroxylation sites is 1. The van der Waals surface area contributed by atoms with Crippen molar-refractivity contribution in [1.82, 2.24) is 9.97 Å². The molecule has 0 unspecified atom stereocenters. The molecule has 23 heavy (non-hydrogen) atoms. The highest BCUT2D eigenvalue weighted by Crippen LogP contribution is 2.21. The summed E-state index contributed by atoms with van der Waals surface area (Å²) in [6, 6.07) is 16.0. The molecular formula is C19H20N2O2. The smallest absolute Gasteiger partial charge is 0.224 e. The molecule has 0 bridgehead atoms. The summed E-state index contributed by atoms with van der Waals surface area (Å²) < 4.78 is 11.6. The van der Waals surface area contributed by atoms with Gasteiger partial charge >= 0.3 is 0 Å². The molecule has 0 saturated carbocycles. The Morgan fingerprint density at radius 1 is 1.00 bits per heavy atom. The zero-order chi connectivity index (χ0) is 16.1. The Labute approximate surface area is 136 Å². The number of fused-ring (bicyclic) bond motifs is 1. The van der Waals surface area contributed by atoms with Crippen molar-refractivity contribution in [3.05, 3.63) is 60.4 Å². The second kappa shape index (κ2) is 7.09. The van der Waals surface area contributed by atoms with Crippen LogP contribution in [0, 0.1) is 0 Å². The number of nitrogens with zero attached hydrogens (tertiary/aromatic N) is 2. The van der Waals surface area contributed by atoms with Crippen LogP contribution in [0.5, 0.6) is 11.6 Å². The highest BCUT2D eigenvalue weighted by atomic mass is 16.5. The number of ether oxygens (including phenoxy) is 2. The second-order valence-corrected chi connectivity index (χ2v) is 5.61. The molecule has 0 atom stereocenters. The van der Waals surface area contributed by atoms with Crippen molar-refractivity contribution in [3.8, 4) is 11.6 Å². The lowest BCUT2D eigenvalue weighted by atomic mass is 10.1. The zero-order valence-corrected chi connectivity index (χ0v) is 13.4. The van der Waals surface area contributed by atoms with Gasteiger partial charge in [0.1, 0.15) is 12.1 Å². The number of rotatable bonds is 6. The quantitative estimate of drug-likeness (QED) is 0.689. The highest BCUT2D eigenvalue weighted by Gasteiger charge is 2.05. The van der Waals surface area contributed by atoms with Crippen LogP contribution in [-0.4, -0.2) is 22.7 Å². The molecule has 118 valence electrons. The summed E-state index contributed by atoms with van der Waals surface area (Å²) in [4.78, 5) is 8.48. The summed E-state index contributed by atoms with van der Waals surface area (Å²) in [7, 11) is 0. The van der Waals surface area contributed by atoms with Gasteiger partial charge in [-0.2, -0.15) is 0 Å². The van der Waals surface area contributed by atoms with Gasteiger partial charge in [-0.15, -0.1) is 0 Å². The highest BCUT2D eigenvalue weighted by molar-refractivity contribution is 5.82. The average molecular weight is 308 g/mol. The second-order valence-electron chi connectivity index (χ2n) is 5.61. The van der Waals surface area contributed by atoms with Gasteiger partial charge in [0.05, 0.1) is 23.6 Å². The fourth-order valence-corrected chi connectivity index (χ4v) is 2.41. The van der Waals surface area contributed by atoms with Crippen molar-refractivity contribution in [2.24, 2.45) is 0 Å². The van der Waals surface area contributed by atoms with Crippen molar-refractivity contribution in [2.45, 2.75) is 26.4 Å². The molecule has 0 aliphatic heterocycles. The molecule has 0 radical (unpaired) electrons. The summed E-state index contributed by atoms with van der Waals surface area (Å²) in [6.07, 6.45) is 2.51. The number of benzene rings is 2. The third-order valence-electron chi connectivity index (χ3n) is 3.41. The van der Waals surface area contributed by atoms with E-state index in [2.05, 4.69) is 22.1 Å². The Hall–Kier alpha value is -2.62. The maximum Gasteiger partial charge on any atom is 0.224 e. The molecular weight excluding hydrogens is 288 g/mol. The lowest BCUT2D eigenvalue weighted by Crippen LogP contribution is -2.07. The van der Waals surface area contributed by atoms with E-state index in [0.29, 0.717) is 12.5 Å². The summed E-state index contributed by atoms with van der Waals surface area (Å²) in [5, 5.41) is 0.937. The minimum Gasteiger partial charge on any atom is -0.491 e. The van der Waals surface area contributed by atoms with Crippen molar-refractivity contribution in [3.63, 3.8) is 0 Å². The molecule has 1 heterocycles. The van der Waals surface area contributed by atoms with Crippen LogP contribution in [0.15, 0.2) is 54.9 Å². The molecule has 0 amide bonds. The maximum atomic E-state index is 5.85. The van der Waals surface area contributed by atoms with Crippen molar-refractivity contribution in [2.75, 3.05) is 6.61 Å². The average Bonchev–Trinajstić information content (AvgIpc) is 2.55. The van der Waals surface area contributed by atoms with E-state index in [9.17, 15) is 0 Å². The van der Waals surface area contributed by atoms with Crippen LogP contribution in [0.3, 0.4) is 0 Å². The zero-order valence-electron chi connectivity index (χ0n) is 13.4.